The van der Waals surface area contributed by atoms with Crippen molar-refractivity contribution in [2.75, 3.05) is 18.0 Å². The summed E-state index contributed by atoms with van der Waals surface area (Å²) in [6, 6.07) is 5.43. The van der Waals surface area contributed by atoms with Crippen molar-refractivity contribution in [3.8, 4) is 11.3 Å². The Kier molecular flexibility index (Phi) is 4.88. The molecule has 0 bridgehead atoms. The van der Waals surface area contributed by atoms with Crippen LogP contribution in [0.5, 0.6) is 0 Å². The molecule has 1 aromatic carbocycles. The topological polar surface area (TPSA) is 21.1 Å². The van der Waals surface area contributed by atoms with Crippen LogP contribution in [0.25, 0.3) is 11.3 Å². The van der Waals surface area contributed by atoms with Crippen molar-refractivity contribution in [1.29, 1.82) is 0 Å². The summed E-state index contributed by atoms with van der Waals surface area (Å²) in [5, 5.41) is 4.32. The lowest BCUT2D eigenvalue weighted by Crippen LogP contribution is -2.33. The zero-order valence-electron chi connectivity index (χ0n) is 14.6. The Morgan fingerprint density at radius 3 is 2.71 bits per heavy atom. The van der Waals surface area contributed by atoms with E-state index in [0.29, 0.717) is 17.2 Å². The molecule has 0 radical (unpaired) electrons. The summed E-state index contributed by atoms with van der Waals surface area (Å²) in [6.45, 7) is 6.26. The molecule has 2 aromatic rings. The number of fused-ring (bicyclic) bond motifs is 1. The van der Waals surface area contributed by atoms with Crippen LogP contribution >= 0.6 is 0 Å². The van der Waals surface area contributed by atoms with E-state index in [4.69, 9.17) is 0 Å². The van der Waals surface area contributed by atoms with E-state index in [1.807, 2.05) is 6.07 Å². The molecule has 24 heavy (non-hydrogen) atoms. The molecule has 2 heterocycles. The molecule has 0 amide bonds. The zero-order valence-corrected chi connectivity index (χ0v) is 14.6. The Bertz CT molecular complexity index is 709. The molecule has 0 saturated heterocycles. The van der Waals surface area contributed by atoms with Gasteiger partial charge < -0.3 is 4.90 Å². The van der Waals surface area contributed by atoms with Crippen molar-refractivity contribution in [3.05, 3.63) is 35.5 Å². The van der Waals surface area contributed by atoms with Gasteiger partial charge in [-0.3, -0.25) is 4.68 Å². The number of anilines is 1. The number of aryl methyl sites for hydroxylation is 2. The van der Waals surface area contributed by atoms with E-state index in [9.17, 15) is 8.78 Å². The van der Waals surface area contributed by atoms with Crippen LogP contribution in [0.15, 0.2) is 24.4 Å². The van der Waals surface area contributed by atoms with Crippen LogP contribution in [0, 0.1) is 5.92 Å². The molecular formula is C19H25F2N3. The van der Waals surface area contributed by atoms with Gasteiger partial charge >= 0.3 is 0 Å². The lowest BCUT2D eigenvalue weighted by atomic mass is 9.93. The molecule has 3 rings (SSSR count). The average Bonchev–Trinajstić information content (AvgIpc) is 3.00. The van der Waals surface area contributed by atoms with Gasteiger partial charge in [-0.1, -0.05) is 20.3 Å². The highest BCUT2D eigenvalue weighted by molar-refractivity contribution is 5.71. The lowest BCUT2D eigenvalue weighted by Gasteiger charge is -2.34. The van der Waals surface area contributed by atoms with Gasteiger partial charge in [0.05, 0.1) is 5.69 Å². The van der Waals surface area contributed by atoms with Crippen molar-refractivity contribution in [1.82, 2.24) is 9.78 Å². The minimum atomic E-state index is -2.50. The van der Waals surface area contributed by atoms with Crippen LogP contribution in [0.4, 0.5) is 14.5 Å². The highest BCUT2D eigenvalue weighted by atomic mass is 19.3. The smallest absolute Gasteiger partial charge is 0.264 e. The summed E-state index contributed by atoms with van der Waals surface area (Å²) < 4.78 is 29.0. The van der Waals surface area contributed by atoms with Crippen molar-refractivity contribution >= 4 is 5.69 Å². The summed E-state index contributed by atoms with van der Waals surface area (Å²) in [6.07, 6.45) is 2.40. The fourth-order valence-electron chi connectivity index (χ4n) is 3.38. The van der Waals surface area contributed by atoms with Crippen LogP contribution in [-0.2, 0) is 13.5 Å². The number of benzene rings is 1. The van der Waals surface area contributed by atoms with Crippen molar-refractivity contribution < 1.29 is 8.78 Å². The van der Waals surface area contributed by atoms with Crippen molar-refractivity contribution in [2.24, 2.45) is 13.0 Å². The Morgan fingerprint density at radius 2 is 2.08 bits per heavy atom. The van der Waals surface area contributed by atoms with Gasteiger partial charge in [-0.05, 0) is 42.5 Å². The molecule has 0 saturated carbocycles. The number of nitrogens with zero attached hydrogens (tertiary/aromatic N) is 3. The minimum Gasteiger partial charge on any atom is -0.371 e. The standard InChI is InChI=1S/C19H25F2N3/c1-4-13(2)12-24-8-5-6-14-10-15(17-7-9-23(3)22-17)16(19(20)21)11-18(14)24/h7,9-11,13,19H,4-6,8,12H2,1-3H3. The monoisotopic (exact) mass is 333 g/mol. The molecular weight excluding hydrogens is 308 g/mol. The van der Waals surface area contributed by atoms with Crippen LogP contribution in [0.2, 0.25) is 0 Å². The summed E-state index contributed by atoms with van der Waals surface area (Å²) in [5.41, 5.74) is 3.42. The van der Waals surface area contributed by atoms with Gasteiger partial charge in [0.25, 0.3) is 6.43 Å². The molecule has 5 heteroatoms. The summed E-state index contributed by atoms with van der Waals surface area (Å²) in [5.74, 6) is 0.557. The molecule has 0 fully saturated rings. The third kappa shape index (κ3) is 3.30. The van der Waals surface area contributed by atoms with Gasteiger partial charge in [-0.15, -0.1) is 0 Å². The first-order chi connectivity index (χ1) is 11.5. The van der Waals surface area contributed by atoms with E-state index in [1.165, 1.54) is 0 Å². The number of aromatic nitrogens is 2. The number of alkyl halides is 2. The largest absolute Gasteiger partial charge is 0.371 e. The third-order valence-corrected chi connectivity index (χ3v) is 4.92. The van der Waals surface area contributed by atoms with Crippen LogP contribution < -0.4 is 4.90 Å². The first-order valence-corrected chi connectivity index (χ1v) is 8.69. The van der Waals surface area contributed by atoms with Gasteiger partial charge in [0.2, 0.25) is 0 Å². The summed E-state index contributed by atoms with van der Waals surface area (Å²) in [7, 11) is 1.80. The van der Waals surface area contributed by atoms with Gasteiger partial charge in [0, 0.05) is 43.1 Å². The van der Waals surface area contributed by atoms with E-state index in [1.54, 1.807) is 30.1 Å². The van der Waals surface area contributed by atoms with E-state index < -0.39 is 6.43 Å². The summed E-state index contributed by atoms with van der Waals surface area (Å²) >= 11 is 0. The number of halogens is 2. The van der Waals surface area contributed by atoms with Gasteiger partial charge in [0.1, 0.15) is 0 Å². The van der Waals surface area contributed by atoms with Crippen LogP contribution in [0.1, 0.15) is 44.2 Å². The average molecular weight is 333 g/mol. The maximum atomic E-state index is 13.7. The van der Waals surface area contributed by atoms with Gasteiger partial charge in [-0.25, -0.2) is 8.78 Å². The number of hydrogen-bond donors (Lipinski definition) is 0. The Hall–Kier alpha value is -1.91. The quantitative estimate of drug-likeness (QED) is 0.782. The molecule has 1 atom stereocenters. The van der Waals surface area contributed by atoms with Crippen LogP contribution in [-0.4, -0.2) is 22.9 Å². The van der Waals surface area contributed by atoms with Crippen molar-refractivity contribution in [2.45, 2.75) is 39.5 Å². The van der Waals surface area contributed by atoms with E-state index in [0.717, 1.165) is 43.6 Å². The molecule has 1 aromatic heterocycles. The molecule has 1 unspecified atom stereocenters. The van der Waals surface area contributed by atoms with Crippen LogP contribution in [0.3, 0.4) is 0 Å². The second kappa shape index (κ2) is 6.91. The highest BCUT2D eigenvalue weighted by Gasteiger charge is 2.24. The van der Waals surface area contributed by atoms with E-state index in [2.05, 4.69) is 23.8 Å². The summed E-state index contributed by atoms with van der Waals surface area (Å²) in [4.78, 5) is 2.28. The predicted molar refractivity (Wildman–Crippen MR) is 93.6 cm³/mol. The fourth-order valence-corrected chi connectivity index (χ4v) is 3.38. The lowest BCUT2D eigenvalue weighted by molar-refractivity contribution is 0.152. The maximum Gasteiger partial charge on any atom is 0.264 e. The SMILES string of the molecule is CCC(C)CN1CCCc2cc(-c3ccn(C)n3)c(C(F)F)cc21. The third-order valence-electron chi connectivity index (χ3n) is 4.92. The molecule has 130 valence electrons. The molecule has 1 aliphatic heterocycles. The predicted octanol–water partition coefficient (Wildman–Crippen LogP) is 4.82. The highest BCUT2D eigenvalue weighted by Crippen LogP contribution is 2.38. The maximum absolute atomic E-state index is 13.7. The van der Waals surface area contributed by atoms with E-state index >= 15 is 0 Å². The second-order valence-corrected chi connectivity index (χ2v) is 6.81. The number of hydrogen-bond acceptors (Lipinski definition) is 2. The molecule has 3 nitrogen and oxygen atoms in total. The fraction of sp³-hybridized carbons (Fsp3) is 0.526. The number of rotatable bonds is 5. The van der Waals surface area contributed by atoms with E-state index in [-0.39, 0.29) is 5.56 Å². The first kappa shape index (κ1) is 16.9. The Labute approximate surface area is 142 Å². The second-order valence-electron chi connectivity index (χ2n) is 6.81. The molecule has 0 N–H and O–H groups in total. The van der Waals surface area contributed by atoms with Gasteiger partial charge in [-0.2, -0.15) is 5.10 Å². The Morgan fingerprint density at radius 1 is 1.29 bits per heavy atom. The first-order valence-electron chi connectivity index (χ1n) is 8.69. The minimum absolute atomic E-state index is 0.0866. The van der Waals surface area contributed by atoms with Gasteiger partial charge in [0.15, 0.2) is 0 Å². The van der Waals surface area contributed by atoms with Crippen molar-refractivity contribution in [3.63, 3.8) is 0 Å². The molecule has 0 aliphatic carbocycles. The molecule has 1 aliphatic rings. The molecule has 0 spiro atoms. The Balaban J connectivity index is 2.05. The zero-order chi connectivity index (χ0) is 17.3. The normalized spacial score (nSPS) is 15.7.